The summed E-state index contributed by atoms with van der Waals surface area (Å²) in [5, 5.41) is 0.543. The Morgan fingerprint density at radius 1 is 1.50 bits per heavy atom. The van der Waals surface area contributed by atoms with E-state index in [0.717, 1.165) is 6.42 Å². The van der Waals surface area contributed by atoms with Gasteiger partial charge in [0.15, 0.2) is 0 Å². The fourth-order valence-electron chi connectivity index (χ4n) is 1.04. The Morgan fingerprint density at radius 3 is 2.79 bits per heavy atom. The molecule has 3 nitrogen and oxygen atoms in total. The zero-order chi connectivity index (χ0) is 10.6. The number of hydrogen-bond donors (Lipinski definition) is 2. The van der Waals surface area contributed by atoms with Gasteiger partial charge in [0.05, 0.1) is 17.0 Å². The molecule has 0 heterocycles. The number of anilines is 2. The fraction of sp³-hybridized carbons (Fsp3) is 0.333. The van der Waals surface area contributed by atoms with Crippen LogP contribution < -0.4 is 10.5 Å². The molecule has 1 aromatic carbocycles. The minimum atomic E-state index is -1.05. The molecule has 0 bridgehead atoms. The highest BCUT2D eigenvalue weighted by atomic mass is 35.5. The molecule has 0 saturated heterocycles. The zero-order valence-electron chi connectivity index (χ0n) is 7.92. The lowest BCUT2D eigenvalue weighted by atomic mass is 10.3. The highest BCUT2D eigenvalue weighted by Gasteiger charge is 2.05. The third kappa shape index (κ3) is 3.65. The van der Waals surface area contributed by atoms with Crippen molar-refractivity contribution in [2.75, 3.05) is 16.2 Å². The van der Waals surface area contributed by atoms with Crippen molar-refractivity contribution < 1.29 is 4.55 Å². The molecule has 1 rings (SSSR count). The summed E-state index contributed by atoms with van der Waals surface area (Å²) in [6, 6.07) is 5.06. The molecule has 1 atom stereocenters. The highest BCUT2D eigenvalue weighted by Crippen LogP contribution is 2.21. The molecule has 0 fully saturated rings. The Bertz CT molecular complexity index is 289. The predicted molar refractivity (Wildman–Crippen MR) is 62.8 cm³/mol. The van der Waals surface area contributed by atoms with Crippen LogP contribution in [0.3, 0.4) is 0 Å². The molecule has 0 aliphatic heterocycles. The van der Waals surface area contributed by atoms with E-state index < -0.39 is 11.4 Å². The molecular weight excluding hydrogens is 220 g/mol. The Hall–Kier alpha value is -0.580. The van der Waals surface area contributed by atoms with Gasteiger partial charge in [-0.05, 0) is 24.6 Å². The third-order valence-electron chi connectivity index (χ3n) is 1.54. The number of nitrogens with two attached hydrogens (primary N) is 1. The molecule has 0 saturated carbocycles. The molecule has 0 aliphatic rings. The van der Waals surface area contributed by atoms with Crippen molar-refractivity contribution in [2.24, 2.45) is 0 Å². The van der Waals surface area contributed by atoms with Gasteiger partial charge in [-0.2, -0.15) is 0 Å². The smallest absolute Gasteiger partial charge is 0.130 e. The van der Waals surface area contributed by atoms with Crippen LogP contribution in [0, 0.1) is 0 Å². The molecular formula is C9H13ClN2OS. The quantitative estimate of drug-likeness (QED) is 0.619. The summed E-state index contributed by atoms with van der Waals surface area (Å²) in [7, 11) is 0. The molecule has 14 heavy (non-hydrogen) atoms. The van der Waals surface area contributed by atoms with Crippen LogP contribution in [0.25, 0.3) is 0 Å². The summed E-state index contributed by atoms with van der Waals surface area (Å²) in [5.74, 6) is 0.617. The van der Waals surface area contributed by atoms with Gasteiger partial charge in [0.2, 0.25) is 0 Å². The maximum absolute atomic E-state index is 11.4. The molecule has 78 valence electrons. The van der Waals surface area contributed by atoms with Crippen LogP contribution in [0.4, 0.5) is 11.4 Å². The Balaban J connectivity index is 2.66. The van der Waals surface area contributed by atoms with Gasteiger partial charge in [-0.25, -0.2) is 4.72 Å². The van der Waals surface area contributed by atoms with Crippen molar-refractivity contribution in [1.29, 1.82) is 0 Å². The monoisotopic (exact) mass is 232 g/mol. The second-order valence-corrected chi connectivity index (χ2v) is 4.66. The first-order chi connectivity index (χ1) is 6.61. The first-order valence-electron chi connectivity index (χ1n) is 4.33. The van der Waals surface area contributed by atoms with Gasteiger partial charge in [-0.15, -0.1) is 0 Å². The van der Waals surface area contributed by atoms with E-state index in [9.17, 15) is 4.55 Å². The van der Waals surface area contributed by atoms with Gasteiger partial charge < -0.3 is 10.3 Å². The summed E-state index contributed by atoms with van der Waals surface area (Å²) in [6.45, 7) is 1.98. The molecule has 0 spiro atoms. The van der Waals surface area contributed by atoms with E-state index in [-0.39, 0.29) is 0 Å². The predicted octanol–water partition coefficient (Wildman–Crippen LogP) is 2.41. The van der Waals surface area contributed by atoms with Crippen LogP contribution in [0.5, 0.6) is 0 Å². The van der Waals surface area contributed by atoms with Gasteiger partial charge in [0.1, 0.15) is 5.75 Å². The third-order valence-corrected chi connectivity index (χ3v) is 3.00. The van der Waals surface area contributed by atoms with Gasteiger partial charge >= 0.3 is 0 Å². The van der Waals surface area contributed by atoms with E-state index in [4.69, 9.17) is 17.3 Å². The first-order valence-corrected chi connectivity index (χ1v) is 6.02. The van der Waals surface area contributed by atoms with Crippen LogP contribution in [0.2, 0.25) is 5.02 Å². The Morgan fingerprint density at radius 2 is 2.21 bits per heavy atom. The topological polar surface area (TPSA) is 61.1 Å². The lowest BCUT2D eigenvalue weighted by Gasteiger charge is -2.11. The summed E-state index contributed by atoms with van der Waals surface area (Å²) in [6.07, 6.45) is 0.871. The molecule has 1 unspecified atom stereocenters. The van der Waals surface area contributed by atoms with Crippen LogP contribution in [-0.4, -0.2) is 10.3 Å². The average Bonchev–Trinajstić information content (AvgIpc) is 2.01. The van der Waals surface area contributed by atoms with Crippen LogP contribution in [-0.2, 0) is 11.4 Å². The molecule has 0 radical (unpaired) electrons. The maximum atomic E-state index is 11.4. The SMILES string of the molecule is CCC[S+]([O-])Nc1cc(N)cc(Cl)c1. The number of nitrogens with one attached hydrogen (secondary N) is 1. The van der Waals surface area contributed by atoms with E-state index in [1.807, 2.05) is 6.92 Å². The second-order valence-electron chi connectivity index (χ2n) is 2.92. The Labute approximate surface area is 91.9 Å². The molecule has 0 aliphatic carbocycles. The number of rotatable bonds is 4. The normalized spacial score (nSPS) is 12.5. The summed E-state index contributed by atoms with van der Waals surface area (Å²) in [5.41, 5.74) is 6.85. The summed E-state index contributed by atoms with van der Waals surface area (Å²) >= 11 is 4.74. The molecule has 0 aromatic heterocycles. The van der Waals surface area contributed by atoms with E-state index in [1.54, 1.807) is 18.2 Å². The van der Waals surface area contributed by atoms with E-state index in [2.05, 4.69) is 4.72 Å². The second kappa shape index (κ2) is 5.34. The van der Waals surface area contributed by atoms with Crippen molar-refractivity contribution in [3.63, 3.8) is 0 Å². The van der Waals surface area contributed by atoms with E-state index >= 15 is 0 Å². The minimum Gasteiger partial charge on any atom is -0.593 e. The summed E-state index contributed by atoms with van der Waals surface area (Å²) < 4.78 is 14.2. The van der Waals surface area contributed by atoms with Crippen molar-refractivity contribution in [2.45, 2.75) is 13.3 Å². The van der Waals surface area contributed by atoms with Gasteiger partial charge in [-0.1, -0.05) is 18.5 Å². The minimum absolute atomic E-state index is 0.543. The van der Waals surface area contributed by atoms with Crippen molar-refractivity contribution in [1.82, 2.24) is 0 Å². The molecule has 5 heteroatoms. The maximum Gasteiger partial charge on any atom is 0.130 e. The van der Waals surface area contributed by atoms with Crippen LogP contribution in [0.1, 0.15) is 13.3 Å². The van der Waals surface area contributed by atoms with Crippen LogP contribution in [0.15, 0.2) is 18.2 Å². The van der Waals surface area contributed by atoms with Crippen molar-refractivity contribution in [3.8, 4) is 0 Å². The number of hydrogen-bond acceptors (Lipinski definition) is 3. The lowest BCUT2D eigenvalue weighted by Crippen LogP contribution is -2.16. The number of nitrogen functional groups attached to an aromatic ring is 1. The zero-order valence-corrected chi connectivity index (χ0v) is 9.49. The van der Waals surface area contributed by atoms with Gasteiger partial charge in [-0.3, -0.25) is 0 Å². The van der Waals surface area contributed by atoms with Crippen molar-refractivity contribution >= 4 is 34.3 Å². The first kappa shape index (κ1) is 11.5. The van der Waals surface area contributed by atoms with E-state index in [1.165, 1.54) is 0 Å². The van der Waals surface area contributed by atoms with Crippen LogP contribution >= 0.6 is 11.6 Å². The average molecular weight is 233 g/mol. The number of benzene rings is 1. The highest BCUT2D eigenvalue weighted by molar-refractivity contribution is 7.92. The van der Waals surface area contributed by atoms with Gasteiger partial charge in [0.25, 0.3) is 0 Å². The summed E-state index contributed by atoms with van der Waals surface area (Å²) in [4.78, 5) is 0. The van der Waals surface area contributed by atoms with Gasteiger partial charge in [0, 0.05) is 10.7 Å². The number of halogens is 1. The van der Waals surface area contributed by atoms with E-state index in [0.29, 0.717) is 22.2 Å². The Kier molecular flexibility index (Phi) is 4.38. The largest absolute Gasteiger partial charge is 0.593 e. The fourth-order valence-corrected chi connectivity index (χ4v) is 2.14. The molecule has 0 amide bonds. The lowest BCUT2D eigenvalue weighted by molar-refractivity contribution is 0.599. The standard InChI is InChI=1S/C9H13ClN2OS/c1-2-3-14(13)12-9-5-7(10)4-8(11)6-9/h4-6,12H,2-3,11H2,1H3. The molecule has 1 aromatic rings. The van der Waals surface area contributed by atoms with Crippen molar-refractivity contribution in [3.05, 3.63) is 23.2 Å². The molecule has 3 N–H and O–H groups in total.